The van der Waals surface area contributed by atoms with Gasteiger partial charge in [-0.1, -0.05) is 65.7 Å². The first-order valence-electron chi connectivity index (χ1n) is 7.53. The Morgan fingerprint density at radius 2 is 1.23 bits per heavy atom. The van der Waals surface area contributed by atoms with Crippen LogP contribution in [0.5, 0.6) is 5.75 Å². The third-order valence-corrected chi connectivity index (χ3v) is 4.05. The van der Waals surface area contributed by atoms with E-state index in [9.17, 15) is 5.11 Å². The Kier molecular flexibility index (Phi) is 3.72. The van der Waals surface area contributed by atoms with Crippen molar-refractivity contribution in [2.75, 3.05) is 0 Å². The summed E-state index contributed by atoms with van der Waals surface area (Å²) in [4.78, 5) is 0. The maximum Gasteiger partial charge on any atom is 0.123 e. The number of hydrogen-bond donors (Lipinski definition) is 1. The molecule has 0 aromatic heterocycles. The van der Waals surface area contributed by atoms with Crippen molar-refractivity contribution in [3.63, 3.8) is 0 Å². The Morgan fingerprint density at radius 1 is 0.591 bits per heavy atom. The van der Waals surface area contributed by atoms with Gasteiger partial charge in [0.2, 0.25) is 0 Å². The van der Waals surface area contributed by atoms with Gasteiger partial charge in [0.25, 0.3) is 0 Å². The zero-order valence-corrected chi connectivity index (χ0v) is 13.2. The molecule has 0 saturated heterocycles. The van der Waals surface area contributed by atoms with E-state index in [-0.39, 0.29) is 0 Å². The van der Waals surface area contributed by atoms with Gasteiger partial charge in [-0.15, -0.1) is 0 Å². The van der Waals surface area contributed by atoms with E-state index in [0.717, 1.165) is 11.1 Å². The summed E-state index contributed by atoms with van der Waals surface area (Å²) in [5, 5.41) is 10.2. The first-order chi connectivity index (χ1) is 10.6. The SMILES string of the molecule is Cc1ccc(C)c(-c2cc(C)ccc2-c2ccccc2O)c1. The van der Waals surface area contributed by atoms with Crippen LogP contribution in [0.3, 0.4) is 0 Å². The smallest absolute Gasteiger partial charge is 0.123 e. The second-order valence-corrected chi connectivity index (χ2v) is 5.88. The highest BCUT2D eigenvalue weighted by Crippen LogP contribution is 2.38. The third kappa shape index (κ3) is 2.62. The summed E-state index contributed by atoms with van der Waals surface area (Å²) in [7, 11) is 0. The zero-order chi connectivity index (χ0) is 15.7. The van der Waals surface area contributed by atoms with E-state index in [1.165, 1.54) is 27.8 Å². The molecule has 0 aliphatic rings. The van der Waals surface area contributed by atoms with Crippen LogP contribution in [0.25, 0.3) is 22.3 Å². The summed E-state index contributed by atoms with van der Waals surface area (Å²) < 4.78 is 0. The lowest BCUT2D eigenvalue weighted by Gasteiger charge is -2.15. The second-order valence-electron chi connectivity index (χ2n) is 5.88. The highest BCUT2D eigenvalue weighted by atomic mass is 16.3. The van der Waals surface area contributed by atoms with Gasteiger partial charge in [0, 0.05) is 5.56 Å². The fourth-order valence-corrected chi connectivity index (χ4v) is 2.84. The standard InChI is InChI=1S/C21H20O/c1-14-8-10-16(3)19(12-14)20-13-15(2)9-11-17(20)18-6-4-5-7-21(18)22/h4-13,22H,1-3H3. The van der Waals surface area contributed by atoms with Crippen molar-refractivity contribution in [2.45, 2.75) is 20.8 Å². The molecule has 0 saturated carbocycles. The van der Waals surface area contributed by atoms with E-state index < -0.39 is 0 Å². The van der Waals surface area contributed by atoms with E-state index in [2.05, 4.69) is 57.2 Å². The largest absolute Gasteiger partial charge is 0.507 e. The van der Waals surface area contributed by atoms with Crippen molar-refractivity contribution in [3.05, 3.63) is 77.4 Å². The Balaban J connectivity index is 2.30. The molecule has 110 valence electrons. The number of aryl methyl sites for hydroxylation is 3. The van der Waals surface area contributed by atoms with E-state index in [1.807, 2.05) is 18.2 Å². The lowest BCUT2D eigenvalue weighted by atomic mass is 9.90. The Labute approximate surface area is 131 Å². The predicted octanol–water partition coefficient (Wildman–Crippen LogP) is 5.65. The average Bonchev–Trinajstić information content (AvgIpc) is 2.50. The molecule has 3 aromatic rings. The molecule has 0 radical (unpaired) electrons. The van der Waals surface area contributed by atoms with Crippen molar-refractivity contribution >= 4 is 0 Å². The Bertz CT molecular complexity index is 831. The molecule has 0 unspecified atom stereocenters. The molecule has 0 bridgehead atoms. The van der Waals surface area contributed by atoms with Crippen molar-refractivity contribution in [1.82, 2.24) is 0 Å². The molecular formula is C21H20O. The summed E-state index contributed by atoms with van der Waals surface area (Å²) in [5.41, 5.74) is 8.04. The molecule has 1 heteroatoms. The first kappa shape index (κ1) is 14.4. The van der Waals surface area contributed by atoms with Crippen LogP contribution in [-0.4, -0.2) is 5.11 Å². The van der Waals surface area contributed by atoms with Crippen LogP contribution >= 0.6 is 0 Å². The molecule has 0 amide bonds. The molecule has 1 N–H and O–H groups in total. The number of phenolic OH excluding ortho intramolecular Hbond substituents is 1. The summed E-state index contributed by atoms with van der Waals surface area (Å²) in [6.07, 6.45) is 0. The van der Waals surface area contributed by atoms with Crippen molar-refractivity contribution < 1.29 is 5.11 Å². The van der Waals surface area contributed by atoms with E-state index >= 15 is 0 Å². The van der Waals surface area contributed by atoms with E-state index in [1.54, 1.807) is 6.07 Å². The summed E-state index contributed by atoms with van der Waals surface area (Å²) in [6, 6.07) is 20.4. The molecule has 0 atom stereocenters. The minimum absolute atomic E-state index is 0.318. The number of phenols is 1. The minimum Gasteiger partial charge on any atom is -0.507 e. The van der Waals surface area contributed by atoms with Crippen LogP contribution in [-0.2, 0) is 0 Å². The molecular weight excluding hydrogens is 268 g/mol. The maximum absolute atomic E-state index is 10.2. The molecule has 0 aliphatic carbocycles. The van der Waals surface area contributed by atoms with Gasteiger partial charge in [-0.25, -0.2) is 0 Å². The minimum atomic E-state index is 0.318. The molecule has 3 aromatic carbocycles. The molecule has 0 spiro atoms. The first-order valence-corrected chi connectivity index (χ1v) is 7.53. The number of aromatic hydroxyl groups is 1. The van der Waals surface area contributed by atoms with E-state index in [0.29, 0.717) is 5.75 Å². The summed E-state index contributed by atoms with van der Waals surface area (Å²) >= 11 is 0. The topological polar surface area (TPSA) is 20.2 Å². The molecule has 0 fully saturated rings. The molecule has 0 heterocycles. The molecule has 1 nitrogen and oxygen atoms in total. The van der Waals surface area contributed by atoms with E-state index in [4.69, 9.17) is 0 Å². The normalized spacial score (nSPS) is 10.7. The van der Waals surface area contributed by atoms with Gasteiger partial charge in [0.1, 0.15) is 5.75 Å². The van der Waals surface area contributed by atoms with Crippen molar-refractivity contribution in [3.8, 4) is 28.0 Å². The number of para-hydroxylation sites is 1. The monoisotopic (exact) mass is 288 g/mol. The van der Waals surface area contributed by atoms with Crippen LogP contribution < -0.4 is 0 Å². The van der Waals surface area contributed by atoms with Crippen LogP contribution in [0.2, 0.25) is 0 Å². The van der Waals surface area contributed by atoms with Gasteiger partial charge in [-0.3, -0.25) is 0 Å². The Hall–Kier alpha value is -2.54. The lowest BCUT2D eigenvalue weighted by Crippen LogP contribution is -1.91. The van der Waals surface area contributed by atoms with Crippen molar-refractivity contribution in [1.29, 1.82) is 0 Å². The van der Waals surface area contributed by atoms with Crippen LogP contribution in [0.15, 0.2) is 60.7 Å². The van der Waals surface area contributed by atoms with Gasteiger partial charge in [-0.05, 0) is 49.1 Å². The molecule has 3 rings (SSSR count). The van der Waals surface area contributed by atoms with Crippen molar-refractivity contribution in [2.24, 2.45) is 0 Å². The lowest BCUT2D eigenvalue weighted by molar-refractivity contribution is 0.477. The second kappa shape index (κ2) is 5.69. The third-order valence-electron chi connectivity index (χ3n) is 4.05. The summed E-state index contributed by atoms with van der Waals surface area (Å²) in [5.74, 6) is 0.318. The van der Waals surface area contributed by atoms with Crippen LogP contribution in [0.4, 0.5) is 0 Å². The fourth-order valence-electron chi connectivity index (χ4n) is 2.84. The zero-order valence-electron chi connectivity index (χ0n) is 13.2. The summed E-state index contributed by atoms with van der Waals surface area (Å²) in [6.45, 7) is 6.34. The van der Waals surface area contributed by atoms with Gasteiger partial charge in [0.15, 0.2) is 0 Å². The highest BCUT2D eigenvalue weighted by molar-refractivity contribution is 5.87. The van der Waals surface area contributed by atoms with Gasteiger partial charge in [-0.2, -0.15) is 0 Å². The van der Waals surface area contributed by atoms with Crippen LogP contribution in [0, 0.1) is 20.8 Å². The van der Waals surface area contributed by atoms with Gasteiger partial charge in [0.05, 0.1) is 0 Å². The average molecular weight is 288 g/mol. The Morgan fingerprint density at radius 3 is 1.95 bits per heavy atom. The van der Waals surface area contributed by atoms with Gasteiger partial charge < -0.3 is 5.11 Å². The highest BCUT2D eigenvalue weighted by Gasteiger charge is 2.12. The number of hydrogen-bond acceptors (Lipinski definition) is 1. The predicted molar refractivity (Wildman–Crippen MR) is 93.2 cm³/mol. The quantitative estimate of drug-likeness (QED) is 0.646. The maximum atomic E-state index is 10.2. The number of benzene rings is 3. The molecule has 0 aliphatic heterocycles. The van der Waals surface area contributed by atoms with Crippen LogP contribution in [0.1, 0.15) is 16.7 Å². The van der Waals surface area contributed by atoms with Gasteiger partial charge >= 0.3 is 0 Å². The molecule has 22 heavy (non-hydrogen) atoms. The number of rotatable bonds is 2. The fraction of sp³-hybridized carbons (Fsp3) is 0.143.